The second kappa shape index (κ2) is 7.05. The van der Waals surface area contributed by atoms with Crippen molar-refractivity contribution in [2.45, 2.75) is 34.1 Å². The molecule has 0 spiro atoms. The van der Waals surface area contributed by atoms with Gasteiger partial charge in [-0.1, -0.05) is 35.9 Å². The summed E-state index contributed by atoms with van der Waals surface area (Å²) in [5.41, 5.74) is 6.71. The summed E-state index contributed by atoms with van der Waals surface area (Å²) in [6.07, 6.45) is 0.810. The third kappa shape index (κ3) is 3.95. The molecule has 0 bridgehead atoms. The Morgan fingerprint density at radius 1 is 1.00 bits per heavy atom. The third-order valence-electron chi connectivity index (χ3n) is 3.76. The fourth-order valence-corrected chi connectivity index (χ4v) is 3.29. The molecule has 4 heteroatoms. The molecule has 24 heavy (non-hydrogen) atoms. The first-order valence-corrected chi connectivity index (χ1v) is 8.89. The Bertz CT molecular complexity index is 872. The van der Waals surface area contributed by atoms with Crippen LogP contribution < -0.4 is 0 Å². The molecule has 122 valence electrons. The van der Waals surface area contributed by atoms with Crippen LogP contribution in [0.1, 0.15) is 35.7 Å². The molecule has 0 aliphatic carbocycles. The van der Waals surface area contributed by atoms with Gasteiger partial charge in [-0.15, -0.1) is 11.3 Å². The van der Waals surface area contributed by atoms with E-state index in [0.717, 1.165) is 34.3 Å². The maximum Gasteiger partial charge on any atom is 0.151 e. The van der Waals surface area contributed by atoms with Crippen LogP contribution in [-0.4, -0.2) is 15.7 Å². The van der Waals surface area contributed by atoms with Gasteiger partial charge in [-0.05, 0) is 39.3 Å². The summed E-state index contributed by atoms with van der Waals surface area (Å²) in [5.74, 6) is 0.774. The molecule has 0 amide bonds. The lowest BCUT2D eigenvalue weighted by Gasteiger charge is -2.04. The molecule has 3 nitrogen and oxygen atoms in total. The summed E-state index contributed by atoms with van der Waals surface area (Å²) in [5, 5.41) is 3.24. The Morgan fingerprint density at radius 2 is 1.75 bits per heavy atom. The Kier molecular flexibility index (Phi) is 4.86. The highest BCUT2D eigenvalue weighted by molar-refractivity contribution is 7.10. The molecule has 3 rings (SSSR count). The Morgan fingerprint density at radius 3 is 2.42 bits per heavy atom. The number of aryl methyl sites for hydroxylation is 2. The minimum absolute atomic E-state index is 0.774. The zero-order valence-corrected chi connectivity index (χ0v) is 15.3. The maximum atomic E-state index is 4.78. The smallest absolute Gasteiger partial charge is 0.151 e. The zero-order valence-electron chi connectivity index (χ0n) is 14.5. The molecule has 0 radical (unpaired) electrons. The Hall–Kier alpha value is -2.33. The molecule has 0 aliphatic rings. The van der Waals surface area contributed by atoms with Gasteiger partial charge in [0.15, 0.2) is 5.82 Å². The lowest BCUT2D eigenvalue weighted by Crippen LogP contribution is -1.95. The van der Waals surface area contributed by atoms with Gasteiger partial charge in [-0.3, -0.25) is 0 Å². The summed E-state index contributed by atoms with van der Waals surface area (Å²) in [4.78, 5) is 13.8. The number of benzene rings is 1. The highest BCUT2D eigenvalue weighted by Gasteiger charge is 2.08. The van der Waals surface area contributed by atoms with Gasteiger partial charge in [0.05, 0.1) is 10.7 Å². The normalized spacial score (nSPS) is 10.7. The number of hydrogen-bond acceptors (Lipinski definition) is 4. The summed E-state index contributed by atoms with van der Waals surface area (Å²) in [7, 11) is 0. The summed E-state index contributed by atoms with van der Waals surface area (Å²) in [6, 6.07) is 12.6. The van der Waals surface area contributed by atoms with E-state index in [9.17, 15) is 0 Å². The van der Waals surface area contributed by atoms with E-state index < -0.39 is 0 Å². The number of pyridine rings is 1. The van der Waals surface area contributed by atoms with Crippen LogP contribution in [-0.2, 0) is 6.42 Å². The van der Waals surface area contributed by atoms with Crippen molar-refractivity contribution in [3.8, 4) is 11.3 Å². The average molecular weight is 335 g/mol. The van der Waals surface area contributed by atoms with Crippen molar-refractivity contribution >= 4 is 22.9 Å². The van der Waals surface area contributed by atoms with Crippen LogP contribution in [0.5, 0.6) is 0 Å². The molecule has 0 N–H and O–H groups in total. The number of rotatable bonds is 4. The molecule has 0 saturated heterocycles. The number of nitrogens with zero attached hydrogens (tertiary/aromatic N) is 3. The molecule has 2 heterocycles. The molecule has 2 aromatic heterocycles. The van der Waals surface area contributed by atoms with E-state index in [0.29, 0.717) is 0 Å². The zero-order chi connectivity index (χ0) is 17.1. The molecule has 0 atom stereocenters. The summed E-state index contributed by atoms with van der Waals surface area (Å²) < 4.78 is 0. The first-order chi connectivity index (χ1) is 11.5. The van der Waals surface area contributed by atoms with Gasteiger partial charge in [0.25, 0.3) is 0 Å². The fraction of sp³-hybridized carbons (Fsp3) is 0.250. The standard InChI is InChI=1S/C20H21N3S/c1-13(2)21-19-10-9-17(15(4)22-19)11-20-23-18(12-24-20)16-7-5-14(3)6-8-16/h5-10,12H,11H2,1-4H3. The molecule has 0 fully saturated rings. The lowest BCUT2D eigenvalue weighted by molar-refractivity contribution is 1.06. The van der Waals surface area contributed by atoms with Crippen molar-refractivity contribution in [1.29, 1.82) is 0 Å². The number of aliphatic imine (C=N–C) groups is 1. The Balaban J connectivity index is 1.80. The second-order valence-electron chi connectivity index (χ2n) is 6.14. The highest BCUT2D eigenvalue weighted by atomic mass is 32.1. The quantitative estimate of drug-likeness (QED) is 0.588. The van der Waals surface area contributed by atoms with Crippen LogP contribution in [0.4, 0.5) is 5.82 Å². The maximum absolute atomic E-state index is 4.78. The number of thiazole rings is 1. The second-order valence-corrected chi connectivity index (χ2v) is 7.08. The van der Waals surface area contributed by atoms with E-state index in [1.807, 2.05) is 26.8 Å². The SMILES string of the molecule is CC(C)=Nc1ccc(Cc2nc(-c3ccc(C)cc3)cs2)c(C)n1. The van der Waals surface area contributed by atoms with Gasteiger partial charge in [0, 0.05) is 28.8 Å². The average Bonchev–Trinajstić information content (AvgIpc) is 2.99. The van der Waals surface area contributed by atoms with E-state index >= 15 is 0 Å². The van der Waals surface area contributed by atoms with Gasteiger partial charge in [-0.2, -0.15) is 0 Å². The summed E-state index contributed by atoms with van der Waals surface area (Å²) >= 11 is 1.70. The molecular formula is C20H21N3S. The lowest BCUT2D eigenvalue weighted by atomic mass is 10.1. The van der Waals surface area contributed by atoms with Gasteiger partial charge < -0.3 is 0 Å². The Labute approximate surface area is 147 Å². The van der Waals surface area contributed by atoms with Gasteiger partial charge >= 0.3 is 0 Å². The molecule has 0 saturated carbocycles. The van der Waals surface area contributed by atoms with Crippen molar-refractivity contribution in [3.05, 3.63) is 63.6 Å². The van der Waals surface area contributed by atoms with Crippen LogP contribution in [0.3, 0.4) is 0 Å². The molecule has 1 aromatic carbocycles. The van der Waals surface area contributed by atoms with E-state index in [1.165, 1.54) is 16.7 Å². The van der Waals surface area contributed by atoms with Crippen molar-refractivity contribution in [2.75, 3.05) is 0 Å². The van der Waals surface area contributed by atoms with Gasteiger partial charge in [0.1, 0.15) is 0 Å². The van der Waals surface area contributed by atoms with Crippen molar-refractivity contribution in [1.82, 2.24) is 9.97 Å². The van der Waals surface area contributed by atoms with Gasteiger partial charge in [-0.25, -0.2) is 15.0 Å². The van der Waals surface area contributed by atoms with E-state index in [-0.39, 0.29) is 0 Å². The molecular weight excluding hydrogens is 314 g/mol. The minimum Gasteiger partial charge on any atom is -0.241 e. The molecule has 0 aliphatic heterocycles. The minimum atomic E-state index is 0.774. The predicted octanol–water partition coefficient (Wildman–Crippen LogP) is 5.53. The van der Waals surface area contributed by atoms with Crippen molar-refractivity contribution < 1.29 is 0 Å². The topological polar surface area (TPSA) is 38.1 Å². The van der Waals surface area contributed by atoms with Crippen LogP contribution in [0.25, 0.3) is 11.3 Å². The predicted molar refractivity (Wildman–Crippen MR) is 103 cm³/mol. The molecule has 0 unspecified atom stereocenters. The molecule has 3 aromatic rings. The van der Waals surface area contributed by atoms with Crippen molar-refractivity contribution in [3.63, 3.8) is 0 Å². The summed E-state index contributed by atoms with van der Waals surface area (Å²) in [6.45, 7) is 8.09. The van der Waals surface area contributed by atoms with Crippen LogP contribution in [0.2, 0.25) is 0 Å². The van der Waals surface area contributed by atoms with Crippen LogP contribution in [0.15, 0.2) is 46.8 Å². The highest BCUT2D eigenvalue weighted by Crippen LogP contribution is 2.25. The monoisotopic (exact) mass is 335 g/mol. The number of hydrogen-bond donors (Lipinski definition) is 0. The van der Waals surface area contributed by atoms with E-state index in [4.69, 9.17) is 4.98 Å². The van der Waals surface area contributed by atoms with Crippen molar-refractivity contribution in [2.24, 2.45) is 4.99 Å². The fourth-order valence-electron chi connectivity index (χ4n) is 2.47. The third-order valence-corrected chi connectivity index (χ3v) is 4.61. The van der Waals surface area contributed by atoms with Gasteiger partial charge in [0.2, 0.25) is 0 Å². The first-order valence-electron chi connectivity index (χ1n) is 8.01. The van der Waals surface area contributed by atoms with Crippen LogP contribution >= 0.6 is 11.3 Å². The largest absolute Gasteiger partial charge is 0.241 e. The van der Waals surface area contributed by atoms with E-state index in [1.54, 1.807) is 11.3 Å². The number of aromatic nitrogens is 2. The first kappa shape index (κ1) is 16.5. The van der Waals surface area contributed by atoms with E-state index in [2.05, 4.69) is 52.6 Å². The van der Waals surface area contributed by atoms with Crippen LogP contribution in [0, 0.1) is 13.8 Å².